The second-order valence-corrected chi connectivity index (χ2v) is 2.88. The fraction of sp³-hybridized carbons (Fsp3) is 0.125. The quantitative estimate of drug-likeness (QED) is 0.489. The zero-order valence-corrected chi connectivity index (χ0v) is 14.0. The molecule has 2 nitrogen and oxygen atoms in total. The van der Waals surface area contributed by atoms with Crippen LogP contribution in [0.25, 0.3) is 0 Å². The van der Waals surface area contributed by atoms with Gasteiger partial charge in [0.2, 0.25) is 0 Å². The molecule has 0 saturated heterocycles. The summed E-state index contributed by atoms with van der Waals surface area (Å²) < 4.78 is 20.6. The first kappa shape index (κ1) is 19.7. The van der Waals surface area contributed by atoms with E-state index in [1.54, 1.807) is 12.1 Å². The van der Waals surface area contributed by atoms with Crippen molar-refractivity contribution in [2.45, 2.75) is 11.8 Å². The van der Waals surface area contributed by atoms with Crippen LogP contribution in [0, 0.1) is 20.4 Å². The molecule has 0 aliphatic heterocycles. The van der Waals surface area contributed by atoms with Crippen LogP contribution in [0.15, 0.2) is 23.1 Å². The first-order valence-corrected chi connectivity index (χ1v) is 3.85. The second kappa shape index (κ2) is 9.67. The van der Waals surface area contributed by atoms with E-state index in [0.717, 1.165) is 5.56 Å². The van der Waals surface area contributed by atoms with Gasteiger partial charge >= 0.3 is 0 Å². The number of rotatable bonds is 1. The summed E-state index contributed by atoms with van der Waals surface area (Å²) in [6.45, 7) is 1.86. The minimum absolute atomic E-state index is 0. The third-order valence-electron chi connectivity index (χ3n) is 1.13. The van der Waals surface area contributed by atoms with Gasteiger partial charge in [0.05, 0.1) is 0 Å². The molecule has 0 aliphatic rings. The van der Waals surface area contributed by atoms with Gasteiger partial charge in [-0.1, -0.05) is 22.9 Å². The monoisotopic (exact) mass is 442 g/mol. The molecule has 0 aromatic heterocycles. The van der Waals surface area contributed by atoms with E-state index in [4.69, 9.17) is 0 Å². The molecule has 0 saturated carbocycles. The summed E-state index contributed by atoms with van der Waals surface area (Å²) in [5.74, 6) is 0. The van der Waals surface area contributed by atoms with Crippen LogP contribution in [0.2, 0.25) is 0 Å². The molecule has 1 aromatic carbocycles. The first-order chi connectivity index (χ1) is 4.70. The van der Waals surface area contributed by atoms with Crippen molar-refractivity contribution in [3.05, 3.63) is 37.3 Å². The van der Waals surface area contributed by atoms with Gasteiger partial charge in [-0.25, -0.2) is 0 Å². The van der Waals surface area contributed by atoms with Gasteiger partial charge in [-0.15, -0.1) is 0 Å². The molecule has 0 fully saturated rings. The van der Waals surface area contributed by atoms with E-state index in [-0.39, 0.29) is 66.1 Å². The predicted molar refractivity (Wildman–Crippen MR) is 43.6 cm³/mol. The molecular weight excluding hydrogens is 433 g/mol. The summed E-state index contributed by atoms with van der Waals surface area (Å²) in [6.07, 6.45) is 0. The fourth-order valence-corrected chi connectivity index (χ4v) is 0.926. The molecule has 0 bridgehead atoms. The van der Waals surface area contributed by atoms with Crippen molar-refractivity contribution in [2.75, 3.05) is 0 Å². The van der Waals surface area contributed by atoms with Crippen LogP contribution in [0.3, 0.4) is 0 Å². The van der Waals surface area contributed by atoms with Crippen LogP contribution in [-0.2, 0) is 64.9 Å². The Morgan fingerprint density at radius 3 is 2.31 bits per heavy atom. The molecule has 1 aromatic rings. The molecule has 1 rings (SSSR count). The van der Waals surface area contributed by atoms with Gasteiger partial charge < -0.3 is 12.0 Å². The number of hydrogen-bond acceptors (Lipinski definition) is 2. The molecule has 1 atom stereocenters. The van der Waals surface area contributed by atoms with Crippen LogP contribution >= 0.6 is 0 Å². The van der Waals surface area contributed by atoms with Crippen LogP contribution in [-0.4, -0.2) is 8.76 Å². The van der Waals surface area contributed by atoms with E-state index < -0.39 is 11.1 Å². The SMILES string of the molecule is Cc1[c-]cc(S(=O)[O-])cc1.[CH3-].[W].[Y]. The number of hydrogen-bond donors (Lipinski definition) is 0. The molecule has 5 heteroatoms. The minimum atomic E-state index is -2.12. The molecule has 1 radical (unpaired) electrons. The molecule has 0 amide bonds. The van der Waals surface area contributed by atoms with Gasteiger partial charge in [0, 0.05) is 53.8 Å². The zero-order valence-electron chi connectivity index (χ0n) is 7.44. The zero-order chi connectivity index (χ0) is 7.56. The maximum absolute atomic E-state index is 10.3. The standard InChI is InChI=1S/C7H7O2S.CH3.W.Y/c1-6-2-4-7(5-3-6)10(8)9;;;/h2,4-5H,1H3,(H,8,9);1H3;;/q2*-1;;/p-1. The Bertz CT molecular complexity index is 251. The van der Waals surface area contributed by atoms with Crippen molar-refractivity contribution >= 4 is 11.1 Å². The summed E-state index contributed by atoms with van der Waals surface area (Å²) in [4.78, 5) is 0.283. The van der Waals surface area contributed by atoms with Crippen LogP contribution in [0.5, 0.6) is 0 Å². The van der Waals surface area contributed by atoms with Crippen molar-refractivity contribution in [1.82, 2.24) is 0 Å². The molecule has 0 spiro atoms. The Morgan fingerprint density at radius 2 is 2.00 bits per heavy atom. The molecule has 71 valence electrons. The van der Waals surface area contributed by atoms with Crippen LogP contribution in [0.1, 0.15) is 5.56 Å². The topological polar surface area (TPSA) is 40.1 Å². The third-order valence-corrected chi connectivity index (χ3v) is 1.77. The van der Waals surface area contributed by atoms with Gasteiger partial charge in [-0.05, 0) is 0 Å². The average Bonchev–Trinajstić information content (AvgIpc) is 1.88. The molecule has 1 unspecified atom stereocenters. The summed E-state index contributed by atoms with van der Waals surface area (Å²) >= 11 is -2.12. The summed E-state index contributed by atoms with van der Waals surface area (Å²) in [7, 11) is 0. The van der Waals surface area contributed by atoms with E-state index in [1.165, 1.54) is 6.07 Å². The summed E-state index contributed by atoms with van der Waals surface area (Å²) in [5.41, 5.74) is 0.939. The summed E-state index contributed by atoms with van der Waals surface area (Å²) in [5, 5.41) is 0. The second-order valence-electron chi connectivity index (χ2n) is 1.94. The van der Waals surface area contributed by atoms with E-state index >= 15 is 0 Å². The van der Waals surface area contributed by atoms with Crippen molar-refractivity contribution in [3.8, 4) is 0 Å². The number of benzene rings is 1. The molecular formula is C8H9O2SWY-3. The van der Waals surface area contributed by atoms with E-state index in [1.807, 2.05) is 6.92 Å². The summed E-state index contributed by atoms with van der Waals surface area (Å²) in [6, 6.07) is 7.51. The van der Waals surface area contributed by atoms with Crippen LogP contribution < -0.4 is 0 Å². The van der Waals surface area contributed by atoms with Crippen molar-refractivity contribution in [1.29, 1.82) is 0 Å². The molecule has 13 heavy (non-hydrogen) atoms. The Kier molecular flexibility index (Phi) is 14.6. The Balaban J connectivity index is -0.000000333. The minimum Gasteiger partial charge on any atom is -0.779 e. The fourth-order valence-electron chi connectivity index (χ4n) is 0.592. The predicted octanol–water partition coefficient (Wildman–Crippen LogP) is 1.48. The molecule has 0 N–H and O–H groups in total. The van der Waals surface area contributed by atoms with E-state index in [9.17, 15) is 8.76 Å². The maximum atomic E-state index is 10.3. The third kappa shape index (κ3) is 7.10. The van der Waals surface area contributed by atoms with Gasteiger partial charge in [-0.3, -0.25) is 4.21 Å². The van der Waals surface area contributed by atoms with E-state index in [0.29, 0.717) is 0 Å². The Morgan fingerprint density at radius 1 is 1.46 bits per heavy atom. The smallest absolute Gasteiger partial charge is 0 e. The van der Waals surface area contributed by atoms with Gasteiger partial charge in [0.1, 0.15) is 0 Å². The van der Waals surface area contributed by atoms with E-state index in [2.05, 4.69) is 6.07 Å². The largest absolute Gasteiger partial charge is 0.779 e. The van der Waals surface area contributed by atoms with Gasteiger partial charge in [0.15, 0.2) is 0 Å². The van der Waals surface area contributed by atoms with Crippen LogP contribution in [0.4, 0.5) is 0 Å². The van der Waals surface area contributed by atoms with Crippen molar-refractivity contribution < 1.29 is 62.5 Å². The Hall–Kier alpha value is 1.12. The molecule has 0 aliphatic carbocycles. The normalized spacial score (nSPS) is 10.0. The molecule has 0 heterocycles. The number of aryl methyl sites for hydroxylation is 1. The maximum Gasteiger partial charge on any atom is 0 e. The van der Waals surface area contributed by atoms with Gasteiger partial charge in [0.25, 0.3) is 0 Å². The first-order valence-electron chi connectivity index (χ1n) is 2.78. The average molecular weight is 442 g/mol. The van der Waals surface area contributed by atoms with Crippen molar-refractivity contribution in [2.24, 2.45) is 0 Å². The Labute approximate surface area is 121 Å². The van der Waals surface area contributed by atoms with Crippen molar-refractivity contribution in [3.63, 3.8) is 0 Å². The van der Waals surface area contributed by atoms with Gasteiger partial charge in [-0.2, -0.15) is 29.8 Å².